The number of nitrogens with one attached hydrogen (secondary N) is 1. The molecular formula is C25H27BrN2O2. The molecular weight excluding hydrogens is 440 g/mol. The largest absolute Gasteiger partial charge is 0.507 e. The predicted octanol–water partition coefficient (Wildman–Crippen LogP) is 5.45. The lowest BCUT2D eigenvalue weighted by Crippen LogP contribution is -2.58. The predicted molar refractivity (Wildman–Crippen MR) is 122 cm³/mol. The van der Waals surface area contributed by atoms with Crippen LogP contribution in [0.5, 0.6) is 5.75 Å². The summed E-state index contributed by atoms with van der Waals surface area (Å²) in [7, 11) is 0. The Morgan fingerprint density at radius 2 is 1.83 bits per heavy atom. The number of phenols is 1. The first kappa shape index (κ1) is 19.8. The standard InChI is InChI=1S/C25H27BrN2O2/c1-16-2-4-20(5-3-16)24-10-17-8-18(11-24)13-25(12-17,15-24)23(30)28-27-14-19-9-21(26)6-7-22(19)29/h2-7,9,14,17-18,29H,8,10-13,15H2,1H3,(H,28,30)/b27-14-/t17-,18-,24?,25?/m1/s1. The lowest BCUT2D eigenvalue weighted by molar-refractivity contribution is -0.149. The summed E-state index contributed by atoms with van der Waals surface area (Å²) >= 11 is 3.40. The highest BCUT2D eigenvalue weighted by atomic mass is 79.9. The third-order valence-corrected chi connectivity index (χ3v) is 8.06. The van der Waals surface area contributed by atoms with Crippen LogP contribution in [0.3, 0.4) is 0 Å². The SMILES string of the molecule is Cc1ccc(C23C[C@H]4C[C@@H](CC(C(=O)N/N=C\c5cc(Br)ccc5O)(C4)C2)C3)cc1. The van der Waals surface area contributed by atoms with Gasteiger partial charge in [-0.1, -0.05) is 45.8 Å². The molecule has 2 aromatic carbocycles. The minimum Gasteiger partial charge on any atom is -0.507 e. The van der Waals surface area contributed by atoms with Crippen molar-refractivity contribution in [2.45, 2.75) is 50.9 Å². The lowest BCUT2D eigenvalue weighted by atomic mass is 9.42. The Bertz CT molecular complexity index is 1000. The van der Waals surface area contributed by atoms with Gasteiger partial charge in [-0.3, -0.25) is 4.79 Å². The average molecular weight is 467 g/mol. The van der Waals surface area contributed by atoms with Crippen LogP contribution in [0.4, 0.5) is 0 Å². The maximum absolute atomic E-state index is 13.4. The van der Waals surface area contributed by atoms with Gasteiger partial charge in [0.1, 0.15) is 5.75 Å². The fourth-order valence-corrected chi connectivity index (χ4v) is 7.06. The number of phenolic OH excluding ortho intramolecular Hbond substituents is 1. The van der Waals surface area contributed by atoms with E-state index in [4.69, 9.17) is 0 Å². The fraction of sp³-hybridized carbons (Fsp3) is 0.440. The number of nitrogens with zero attached hydrogens (tertiary/aromatic N) is 1. The molecule has 2 N–H and O–H groups in total. The molecule has 4 bridgehead atoms. The van der Waals surface area contributed by atoms with Crippen LogP contribution in [0, 0.1) is 24.2 Å². The number of aromatic hydroxyl groups is 1. The van der Waals surface area contributed by atoms with Crippen molar-refractivity contribution in [3.63, 3.8) is 0 Å². The maximum atomic E-state index is 13.4. The van der Waals surface area contributed by atoms with E-state index in [0.29, 0.717) is 17.4 Å². The molecule has 0 aliphatic heterocycles. The van der Waals surface area contributed by atoms with Crippen molar-refractivity contribution >= 4 is 28.1 Å². The molecule has 4 saturated carbocycles. The number of hydrazone groups is 1. The highest BCUT2D eigenvalue weighted by molar-refractivity contribution is 9.10. The minimum atomic E-state index is -0.328. The third-order valence-electron chi connectivity index (χ3n) is 7.57. The molecule has 0 unspecified atom stereocenters. The number of rotatable bonds is 4. The molecule has 1 amide bonds. The summed E-state index contributed by atoms with van der Waals surface area (Å²) in [4.78, 5) is 13.4. The summed E-state index contributed by atoms with van der Waals surface area (Å²) in [6, 6.07) is 14.1. The van der Waals surface area contributed by atoms with Gasteiger partial charge in [0.15, 0.2) is 0 Å². The zero-order chi connectivity index (χ0) is 20.9. The molecule has 0 spiro atoms. The van der Waals surface area contributed by atoms with Gasteiger partial charge in [0.2, 0.25) is 5.91 Å². The van der Waals surface area contributed by atoms with Gasteiger partial charge >= 0.3 is 0 Å². The van der Waals surface area contributed by atoms with Gasteiger partial charge in [0.05, 0.1) is 11.6 Å². The van der Waals surface area contributed by atoms with E-state index < -0.39 is 0 Å². The molecule has 4 fully saturated rings. The van der Waals surface area contributed by atoms with Crippen LogP contribution in [0.2, 0.25) is 0 Å². The van der Waals surface area contributed by atoms with Gasteiger partial charge in [0.25, 0.3) is 0 Å². The van der Waals surface area contributed by atoms with Crippen molar-refractivity contribution < 1.29 is 9.90 Å². The molecule has 0 radical (unpaired) electrons. The van der Waals surface area contributed by atoms with Crippen LogP contribution >= 0.6 is 15.9 Å². The first-order valence-electron chi connectivity index (χ1n) is 10.8. The number of aryl methyl sites for hydroxylation is 1. The Kier molecular flexibility index (Phi) is 4.77. The van der Waals surface area contributed by atoms with Crippen molar-refractivity contribution in [1.29, 1.82) is 0 Å². The van der Waals surface area contributed by atoms with E-state index in [0.717, 1.165) is 23.7 Å². The number of hydrogen-bond acceptors (Lipinski definition) is 3. The third kappa shape index (κ3) is 3.37. The van der Waals surface area contributed by atoms with E-state index in [1.54, 1.807) is 18.2 Å². The molecule has 5 heteroatoms. The van der Waals surface area contributed by atoms with Gasteiger partial charge in [-0.05, 0) is 86.5 Å². The van der Waals surface area contributed by atoms with E-state index in [2.05, 4.69) is 57.6 Å². The highest BCUT2D eigenvalue weighted by Crippen LogP contribution is 2.65. The Labute approximate surface area is 185 Å². The summed E-state index contributed by atoms with van der Waals surface area (Å²) in [6.45, 7) is 2.12. The zero-order valence-electron chi connectivity index (χ0n) is 17.2. The van der Waals surface area contributed by atoms with Crippen LogP contribution in [0.15, 0.2) is 52.0 Å². The molecule has 4 aliphatic rings. The van der Waals surface area contributed by atoms with Crippen molar-refractivity contribution in [1.82, 2.24) is 5.43 Å². The molecule has 30 heavy (non-hydrogen) atoms. The van der Waals surface area contributed by atoms with Gasteiger partial charge in [-0.15, -0.1) is 0 Å². The Hall–Kier alpha value is -2.14. The summed E-state index contributed by atoms with van der Waals surface area (Å²) in [6.07, 6.45) is 8.06. The fourth-order valence-electron chi connectivity index (χ4n) is 6.68. The first-order valence-corrected chi connectivity index (χ1v) is 11.6. The van der Waals surface area contributed by atoms with Gasteiger partial charge < -0.3 is 5.11 Å². The van der Waals surface area contributed by atoms with E-state index in [1.807, 2.05) is 0 Å². The Balaban J connectivity index is 1.38. The number of amides is 1. The number of carbonyl (C=O) groups is 1. The molecule has 0 heterocycles. The number of halogens is 1. The molecule has 2 aromatic rings. The van der Waals surface area contributed by atoms with Gasteiger partial charge in [-0.2, -0.15) is 5.10 Å². The Morgan fingerprint density at radius 1 is 1.13 bits per heavy atom. The molecule has 0 saturated heterocycles. The second kappa shape index (κ2) is 7.23. The summed E-state index contributed by atoms with van der Waals surface area (Å²) in [5, 5.41) is 14.2. The van der Waals surface area contributed by atoms with E-state index in [1.165, 1.54) is 36.6 Å². The van der Waals surface area contributed by atoms with E-state index in [-0.39, 0.29) is 22.5 Å². The van der Waals surface area contributed by atoms with Crippen LogP contribution in [-0.4, -0.2) is 17.2 Å². The monoisotopic (exact) mass is 466 g/mol. The smallest absolute Gasteiger partial charge is 0.246 e. The molecule has 2 atom stereocenters. The van der Waals surface area contributed by atoms with E-state index in [9.17, 15) is 9.90 Å². The van der Waals surface area contributed by atoms with Crippen molar-refractivity contribution in [3.8, 4) is 5.75 Å². The van der Waals surface area contributed by atoms with Crippen LogP contribution in [-0.2, 0) is 10.2 Å². The normalized spacial score (nSPS) is 31.9. The number of hydrogen-bond donors (Lipinski definition) is 2. The first-order chi connectivity index (χ1) is 14.4. The van der Waals surface area contributed by atoms with Crippen molar-refractivity contribution in [3.05, 3.63) is 63.6 Å². The number of carbonyl (C=O) groups excluding carboxylic acids is 1. The van der Waals surface area contributed by atoms with E-state index >= 15 is 0 Å². The second-order valence-corrected chi connectivity index (χ2v) is 10.7. The van der Waals surface area contributed by atoms with Crippen molar-refractivity contribution in [2.75, 3.05) is 0 Å². The minimum absolute atomic E-state index is 0.0406. The highest BCUT2D eigenvalue weighted by Gasteiger charge is 2.60. The van der Waals surface area contributed by atoms with Gasteiger partial charge in [0, 0.05) is 10.0 Å². The lowest BCUT2D eigenvalue weighted by Gasteiger charge is -2.61. The molecule has 6 rings (SSSR count). The molecule has 0 aromatic heterocycles. The topological polar surface area (TPSA) is 61.7 Å². The Morgan fingerprint density at radius 3 is 2.53 bits per heavy atom. The molecule has 4 aliphatic carbocycles. The quantitative estimate of drug-likeness (QED) is 0.464. The summed E-state index contributed by atoms with van der Waals surface area (Å²) in [5.74, 6) is 1.43. The second-order valence-electron chi connectivity index (χ2n) is 9.79. The van der Waals surface area contributed by atoms with Gasteiger partial charge in [-0.25, -0.2) is 5.43 Å². The van der Waals surface area contributed by atoms with Crippen LogP contribution < -0.4 is 5.43 Å². The van der Waals surface area contributed by atoms with Crippen LogP contribution in [0.1, 0.15) is 55.2 Å². The zero-order valence-corrected chi connectivity index (χ0v) is 18.8. The van der Waals surface area contributed by atoms with Crippen LogP contribution in [0.25, 0.3) is 0 Å². The molecule has 4 nitrogen and oxygen atoms in total. The summed E-state index contributed by atoms with van der Waals surface area (Å²) < 4.78 is 0.856. The average Bonchev–Trinajstić information content (AvgIpc) is 2.70. The number of benzene rings is 2. The maximum Gasteiger partial charge on any atom is 0.246 e. The molecule has 156 valence electrons. The van der Waals surface area contributed by atoms with Crippen molar-refractivity contribution in [2.24, 2.45) is 22.4 Å². The summed E-state index contributed by atoms with van der Waals surface area (Å²) in [5.41, 5.74) is 5.87.